The summed E-state index contributed by atoms with van der Waals surface area (Å²) in [6.07, 6.45) is 3.71. The average Bonchev–Trinajstić information content (AvgIpc) is 2.14. The van der Waals surface area contributed by atoms with Gasteiger partial charge in [-0.15, -0.1) is 0 Å². The van der Waals surface area contributed by atoms with E-state index < -0.39 is 0 Å². The first-order valence-electron chi connectivity index (χ1n) is 4.94. The Morgan fingerprint density at radius 3 is 2.38 bits per heavy atom. The van der Waals surface area contributed by atoms with Crippen molar-refractivity contribution < 1.29 is 14.2 Å². The molecule has 0 saturated carbocycles. The maximum absolute atomic E-state index is 5.58. The second-order valence-corrected chi connectivity index (χ2v) is 3.08. The minimum Gasteiger partial charge on any atom is -0.382 e. The summed E-state index contributed by atoms with van der Waals surface area (Å²) in [7, 11) is 3.39. The Kier molecular flexibility index (Phi) is 9.87. The van der Waals surface area contributed by atoms with Crippen LogP contribution in [0.25, 0.3) is 0 Å². The van der Waals surface area contributed by atoms with E-state index in [1.165, 1.54) is 12.8 Å². The summed E-state index contributed by atoms with van der Waals surface area (Å²) >= 11 is 0. The van der Waals surface area contributed by atoms with Gasteiger partial charge in [-0.05, 0) is 6.42 Å². The maximum atomic E-state index is 5.58. The van der Waals surface area contributed by atoms with Gasteiger partial charge in [0.25, 0.3) is 0 Å². The van der Waals surface area contributed by atoms with Crippen molar-refractivity contribution >= 4 is 0 Å². The van der Waals surface area contributed by atoms with Gasteiger partial charge in [0, 0.05) is 14.2 Å². The summed E-state index contributed by atoms with van der Waals surface area (Å²) in [4.78, 5) is 0. The van der Waals surface area contributed by atoms with Crippen LogP contribution in [0.4, 0.5) is 0 Å². The molecule has 0 bridgehead atoms. The Bertz CT molecular complexity index is 96.2. The number of hydrogen-bond donors (Lipinski definition) is 0. The molecule has 80 valence electrons. The monoisotopic (exact) mass is 190 g/mol. The molecule has 0 heterocycles. The molecule has 0 aromatic carbocycles. The van der Waals surface area contributed by atoms with Crippen molar-refractivity contribution in [2.24, 2.45) is 0 Å². The van der Waals surface area contributed by atoms with Gasteiger partial charge >= 0.3 is 0 Å². The Labute approximate surface area is 81.4 Å². The zero-order valence-electron chi connectivity index (χ0n) is 9.04. The smallest absolute Gasteiger partial charge is 0.0809 e. The first kappa shape index (κ1) is 12.9. The van der Waals surface area contributed by atoms with Crippen molar-refractivity contribution in [2.45, 2.75) is 32.3 Å². The predicted molar refractivity (Wildman–Crippen MR) is 53.0 cm³/mol. The molecule has 0 aliphatic rings. The highest BCUT2D eigenvalue weighted by atomic mass is 16.5. The van der Waals surface area contributed by atoms with E-state index in [1.807, 2.05) is 0 Å². The number of methoxy groups -OCH3 is 2. The second-order valence-electron chi connectivity index (χ2n) is 3.08. The normalized spacial score (nSPS) is 13.2. The second kappa shape index (κ2) is 9.96. The van der Waals surface area contributed by atoms with Crippen LogP contribution >= 0.6 is 0 Å². The third kappa shape index (κ3) is 8.22. The minimum atomic E-state index is 0.236. The molecule has 0 fully saturated rings. The lowest BCUT2D eigenvalue weighted by Crippen LogP contribution is -2.21. The molecule has 0 aromatic heterocycles. The van der Waals surface area contributed by atoms with E-state index in [9.17, 15) is 0 Å². The van der Waals surface area contributed by atoms with Crippen molar-refractivity contribution in [3.63, 3.8) is 0 Å². The van der Waals surface area contributed by atoms with E-state index >= 15 is 0 Å². The lowest BCUT2D eigenvalue weighted by atomic mass is 10.2. The van der Waals surface area contributed by atoms with Gasteiger partial charge in [0.1, 0.15) is 0 Å². The van der Waals surface area contributed by atoms with Crippen LogP contribution in [-0.4, -0.2) is 40.1 Å². The molecular formula is C10H22O3. The molecule has 1 unspecified atom stereocenters. The fourth-order valence-corrected chi connectivity index (χ4v) is 1.13. The summed E-state index contributed by atoms with van der Waals surface area (Å²) in [6.45, 7) is 4.18. The highest BCUT2D eigenvalue weighted by molar-refractivity contribution is 4.56. The Hall–Kier alpha value is -0.120. The van der Waals surface area contributed by atoms with Gasteiger partial charge in [0.2, 0.25) is 0 Å². The first-order valence-corrected chi connectivity index (χ1v) is 4.94. The van der Waals surface area contributed by atoms with Gasteiger partial charge in [0.05, 0.1) is 25.9 Å². The molecule has 13 heavy (non-hydrogen) atoms. The molecule has 0 spiro atoms. The van der Waals surface area contributed by atoms with E-state index in [4.69, 9.17) is 14.2 Å². The largest absolute Gasteiger partial charge is 0.382 e. The van der Waals surface area contributed by atoms with E-state index in [0.717, 1.165) is 6.42 Å². The summed E-state index contributed by atoms with van der Waals surface area (Å²) in [5.74, 6) is 0. The molecule has 0 aliphatic carbocycles. The first-order chi connectivity index (χ1) is 6.35. The average molecular weight is 190 g/mol. The van der Waals surface area contributed by atoms with Crippen LogP contribution in [0.5, 0.6) is 0 Å². The molecule has 3 heteroatoms. The third-order valence-electron chi connectivity index (χ3n) is 1.87. The highest BCUT2D eigenvalue weighted by Gasteiger charge is 2.07. The predicted octanol–water partition coefficient (Wildman–Crippen LogP) is 1.85. The molecule has 0 aromatic rings. The third-order valence-corrected chi connectivity index (χ3v) is 1.87. The Balaban J connectivity index is 3.41. The van der Waals surface area contributed by atoms with E-state index in [-0.39, 0.29) is 6.10 Å². The van der Waals surface area contributed by atoms with Crippen LogP contribution in [0, 0.1) is 0 Å². The van der Waals surface area contributed by atoms with E-state index in [1.54, 1.807) is 14.2 Å². The van der Waals surface area contributed by atoms with Crippen LogP contribution < -0.4 is 0 Å². The number of rotatable bonds is 9. The molecule has 0 aliphatic heterocycles. The molecule has 0 amide bonds. The van der Waals surface area contributed by atoms with Crippen LogP contribution in [0.1, 0.15) is 26.2 Å². The van der Waals surface area contributed by atoms with E-state index in [0.29, 0.717) is 19.8 Å². The van der Waals surface area contributed by atoms with Gasteiger partial charge in [-0.2, -0.15) is 0 Å². The lowest BCUT2D eigenvalue weighted by Gasteiger charge is -2.16. The fraction of sp³-hybridized carbons (Fsp3) is 1.00. The van der Waals surface area contributed by atoms with Gasteiger partial charge in [-0.1, -0.05) is 19.8 Å². The SMILES string of the molecule is CCCCC(COC)OCCOC. The van der Waals surface area contributed by atoms with E-state index in [2.05, 4.69) is 6.92 Å². The van der Waals surface area contributed by atoms with Crippen molar-refractivity contribution in [3.05, 3.63) is 0 Å². The zero-order chi connectivity index (χ0) is 9.94. The molecule has 0 saturated heterocycles. The Morgan fingerprint density at radius 1 is 1.08 bits per heavy atom. The maximum Gasteiger partial charge on any atom is 0.0809 e. The van der Waals surface area contributed by atoms with Crippen LogP contribution in [0.2, 0.25) is 0 Å². The Morgan fingerprint density at radius 2 is 1.85 bits per heavy atom. The number of hydrogen-bond acceptors (Lipinski definition) is 3. The lowest BCUT2D eigenvalue weighted by molar-refractivity contribution is -0.0259. The van der Waals surface area contributed by atoms with Gasteiger partial charge < -0.3 is 14.2 Å². The quantitative estimate of drug-likeness (QED) is 0.519. The summed E-state index contributed by atoms with van der Waals surface area (Å²) < 4.78 is 15.5. The minimum absolute atomic E-state index is 0.236. The summed E-state index contributed by atoms with van der Waals surface area (Å²) in [6, 6.07) is 0. The fourth-order valence-electron chi connectivity index (χ4n) is 1.13. The molecule has 1 atom stereocenters. The van der Waals surface area contributed by atoms with Crippen molar-refractivity contribution in [3.8, 4) is 0 Å². The summed E-state index contributed by atoms with van der Waals surface area (Å²) in [5, 5.41) is 0. The van der Waals surface area contributed by atoms with Crippen molar-refractivity contribution in [1.82, 2.24) is 0 Å². The van der Waals surface area contributed by atoms with Gasteiger partial charge in [0.15, 0.2) is 0 Å². The molecule has 0 rings (SSSR count). The molecule has 3 nitrogen and oxygen atoms in total. The molecular weight excluding hydrogens is 168 g/mol. The number of unbranched alkanes of at least 4 members (excludes halogenated alkanes) is 1. The standard InChI is InChI=1S/C10H22O3/c1-4-5-6-10(9-12-3)13-8-7-11-2/h10H,4-9H2,1-3H3. The molecule has 0 N–H and O–H groups in total. The van der Waals surface area contributed by atoms with Crippen molar-refractivity contribution in [1.29, 1.82) is 0 Å². The van der Waals surface area contributed by atoms with Gasteiger partial charge in [-0.25, -0.2) is 0 Å². The zero-order valence-corrected chi connectivity index (χ0v) is 9.04. The highest BCUT2D eigenvalue weighted by Crippen LogP contribution is 2.05. The van der Waals surface area contributed by atoms with Gasteiger partial charge in [-0.3, -0.25) is 0 Å². The van der Waals surface area contributed by atoms with Crippen LogP contribution in [-0.2, 0) is 14.2 Å². The number of ether oxygens (including phenoxy) is 3. The van der Waals surface area contributed by atoms with Crippen LogP contribution in [0.15, 0.2) is 0 Å². The van der Waals surface area contributed by atoms with Crippen LogP contribution in [0.3, 0.4) is 0 Å². The summed E-state index contributed by atoms with van der Waals surface area (Å²) in [5.41, 5.74) is 0. The van der Waals surface area contributed by atoms with Crippen molar-refractivity contribution in [2.75, 3.05) is 34.0 Å². The molecule has 0 radical (unpaired) electrons. The topological polar surface area (TPSA) is 27.7 Å².